The molecule has 0 aromatic carbocycles. The molecule has 0 aromatic heterocycles. The second-order valence-electron chi connectivity index (χ2n) is 10.0. The number of esters is 3. The van der Waals surface area contributed by atoms with Gasteiger partial charge >= 0.3 is 17.9 Å². The molecular weight excluding hydrogens is 531 g/mol. The highest BCUT2D eigenvalue weighted by Crippen LogP contribution is 2.33. The van der Waals surface area contributed by atoms with Crippen molar-refractivity contribution in [3.63, 3.8) is 0 Å². The lowest BCUT2D eigenvalue weighted by molar-refractivity contribution is -0.297. The zero-order valence-electron chi connectivity index (χ0n) is 20.3. The highest BCUT2D eigenvalue weighted by molar-refractivity contribution is 14.1. The van der Waals surface area contributed by atoms with Gasteiger partial charge in [-0.25, -0.2) is 0 Å². The third-order valence-corrected chi connectivity index (χ3v) is 5.71. The minimum atomic E-state index is -1.12. The molecule has 32 heavy (non-hydrogen) atoms. The van der Waals surface area contributed by atoms with Crippen LogP contribution in [-0.2, 0) is 38.1 Å². The molecular formula is C23H37IO8. The maximum absolute atomic E-state index is 12.8. The van der Waals surface area contributed by atoms with Gasteiger partial charge in [0.25, 0.3) is 0 Å². The van der Waals surface area contributed by atoms with Crippen molar-refractivity contribution in [2.75, 3.05) is 11.5 Å². The van der Waals surface area contributed by atoms with Crippen molar-refractivity contribution >= 4 is 40.5 Å². The van der Waals surface area contributed by atoms with Gasteiger partial charge in [-0.1, -0.05) is 35.6 Å². The van der Waals surface area contributed by atoms with Crippen LogP contribution >= 0.6 is 22.6 Å². The average Bonchev–Trinajstić information content (AvgIpc) is 2.68. The SMILES string of the molecule is C=C[C@H](C)CC(=O)O[C@H]1[C@H](OC(=O)C(C)(C)C)[C@@H](OC(=O)C(C)(C)C)[C@@H](OC)O[C@@H]1CI. The third-order valence-electron chi connectivity index (χ3n) is 4.85. The largest absolute Gasteiger partial charge is 0.455 e. The summed E-state index contributed by atoms with van der Waals surface area (Å²) in [6, 6.07) is 0. The van der Waals surface area contributed by atoms with Gasteiger partial charge in [-0.3, -0.25) is 14.4 Å². The van der Waals surface area contributed by atoms with Crippen molar-refractivity contribution in [3.05, 3.63) is 12.7 Å². The molecule has 1 aliphatic heterocycles. The Balaban J connectivity index is 3.37. The predicted octanol–water partition coefficient (Wildman–Crippen LogP) is 3.83. The van der Waals surface area contributed by atoms with E-state index in [9.17, 15) is 14.4 Å². The van der Waals surface area contributed by atoms with Crippen molar-refractivity contribution in [1.29, 1.82) is 0 Å². The van der Waals surface area contributed by atoms with E-state index >= 15 is 0 Å². The summed E-state index contributed by atoms with van der Waals surface area (Å²) in [4.78, 5) is 38.1. The molecule has 8 nitrogen and oxygen atoms in total. The number of hydrogen-bond acceptors (Lipinski definition) is 8. The van der Waals surface area contributed by atoms with Crippen molar-refractivity contribution in [2.45, 2.75) is 85.6 Å². The minimum Gasteiger partial charge on any atom is -0.455 e. The summed E-state index contributed by atoms with van der Waals surface area (Å²) in [5.41, 5.74) is -1.65. The van der Waals surface area contributed by atoms with Crippen LogP contribution in [0.25, 0.3) is 0 Å². The molecule has 1 saturated heterocycles. The third kappa shape index (κ3) is 7.98. The fraction of sp³-hybridized carbons (Fsp3) is 0.783. The second-order valence-corrected chi connectivity index (χ2v) is 10.9. The molecule has 0 N–H and O–H groups in total. The molecule has 6 atom stereocenters. The Kier molecular flexibility index (Phi) is 10.6. The number of methoxy groups -OCH3 is 1. The topological polar surface area (TPSA) is 97.4 Å². The van der Waals surface area contributed by atoms with Gasteiger partial charge in [0.05, 0.1) is 17.3 Å². The van der Waals surface area contributed by atoms with Crippen LogP contribution in [0.15, 0.2) is 12.7 Å². The van der Waals surface area contributed by atoms with Gasteiger partial charge in [0.1, 0.15) is 6.10 Å². The van der Waals surface area contributed by atoms with E-state index in [1.807, 2.05) is 6.92 Å². The molecule has 0 saturated carbocycles. The summed E-state index contributed by atoms with van der Waals surface area (Å²) in [6.07, 6.45) is -3.07. The molecule has 0 spiro atoms. The first-order chi connectivity index (χ1) is 14.6. The van der Waals surface area contributed by atoms with E-state index in [0.29, 0.717) is 4.43 Å². The smallest absolute Gasteiger partial charge is 0.311 e. The number of carbonyl (C=O) groups excluding carboxylic acids is 3. The lowest BCUT2D eigenvalue weighted by Crippen LogP contribution is -2.63. The Hall–Kier alpha value is -1.20. The molecule has 9 heteroatoms. The van der Waals surface area contributed by atoms with Crippen LogP contribution in [0.3, 0.4) is 0 Å². The zero-order chi connectivity index (χ0) is 24.9. The predicted molar refractivity (Wildman–Crippen MR) is 127 cm³/mol. The molecule has 0 aliphatic carbocycles. The summed E-state index contributed by atoms with van der Waals surface area (Å²) < 4.78 is 29.1. The number of halogens is 1. The van der Waals surface area contributed by atoms with Crippen LogP contribution in [0.4, 0.5) is 0 Å². The fourth-order valence-corrected chi connectivity index (χ4v) is 3.45. The van der Waals surface area contributed by atoms with E-state index in [-0.39, 0.29) is 12.3 Å². The number of rotatable bonds is 8. The Labute approximate surface area is 204 Å². The monoisotopic (exact) mass is 568 g/mol. The second kappa shape index (κ2) is 11.8. The number of carbonyl (C=O) groups is 3. The Morgan fingerprint density at radius 1 is 0.969 bits per heavy atom. The van der Waals surface area contributed by atoms with E-state index in [0.717, 1.165) is 0 Å². The summed E-state index contributed by atoms with van der Waals surface area (Å²) in [5.74, 6) is -1.64. The maximum Gasteiger partial charge on any atom is 0.311 e. The Bertz CT molecular complexity index is 678. The molecule has 1 rings (SSSR count). The molecule has 184 valence electrons. The van der Waals surface area contributed by atoms with E-state index in [1.54, 1.807) is 47.6 Å². The maximum atomic E-state index is 12.8. The normalized spacial score (nSPS) is 27.2. The first-order valence-electron chi connectivity index (χ1n) is 10.6. The van der Waals surface area contributed by atoms with Crippen LogP contribution in [-0.4, -0.2) is 60.2 Å². The van der Waals surface area contributed by atoms with Crippen LogP contribution in [0.5, 0.6) is 0 Å². The van der Waals surface area contributed by atoms with Crippen LogP contribution in [0, 0.1) is 16.7 Å². The summed E-state index contributed by atoms with van der Waals surface area (Å²) in [6.45, 7) is 15.8. The summed E-state index contributed by atoms with van der Waals surface area (Å²) in [5, 5.41) is 0. The molecule has 0 amide bonds. The summed E-state index contributed by atoms with van der Waals surface area (Å²) >= 11 is 2.10. The lowest BCUT2D eigenvalue weighted by atomic mass is 9.94. The fourth-order valence-electron chi connectivity index (χ4n) is 2.74. The van der Waals surface area contributed by atoms with Crippen molar-refractivity contribution in [2.24, 2.45) is 16.7 Å². The first kappa shape index (κ1) is 28.8. The zero-order valence-corrected chi connectivity index (χ0v) is 22.5. The van der Waals surface area contributed by atoms with E-state index < -0.39 is 59.4 Å². The lowest BCUT2D eigenvalue weighted by Gasteiger charge is -2.45. The average molecular weight is 568 g/mol. The number of hydrogen-bond donors (Lipinski definition) is 0. The molecule has 0 bridgehead atoms. The standard InChI is InChI=1S/C23H37IO8/c1-10-13(2)11-15(25)30-16-14(12-24)29-19(28-9)18(32-21(27)23(6,7)8)17(16)31-20(26)22(3,4)5/h10,13-14,16-19H,1,11-12H2,2-9H3/t13-,14+,16+,17-,18+,19-/m0/s1. The first-order valence-corrected chi connectivity index (χ1v) is 12.2. The van der Waals surface area contributed by atoms with Gasteiger partial charge in [-0.05, 0) is 47.5 Å². The van der Waals surface area contributed by atoms with Gasteiger partial charge in [0.2, 0.25) is 0 Å². The highest BCUT2D eigenvalue weighted by Gasteiger charge is 2.53. The van der Waals surface area contributed by atoms with Crippen molar-refractivity contribution in [3.8, 4) is 0 Å². The van der Waals surface area contributed by atoms with Crippen LogP contribution in [0.1, 0.15) is 54.9 Å². The van der Waals surface area contributed by atoms with Gasteiger partial charge in [0.15, 0.2) is 24.6 Å². The Morgan fingerprint density at radius 2 is 1.47 bits per heavy atom. The minimum absolute atomic E-state index is 0.0955. The van der Waals surface area contributed by atoms with Gasteiger partial charge in [0, 0.05) is 11.5 Å². The molecule has 0 aromatic rings. The highest BCUT2D eigenvalue weighted by atomic mass is 127. The number of alkyl halides is 1. The molecule has 1 fully saturated rings. The number of allylic oxidation sites excluding steroid dienone is 1. The quantitative estimate of drug-likeness (QED) is 0.143. The van der Waals surface area contributed by atoms with E-state index in [2.05, 4.69) is 29.2 Å². The Morgan fingerprint density at radius 3 is 1.88 bits per heavy atom. The molecule has 0 unspecified atom stereocenters. The van der Waals surface area contributed by atoms with Gasteiger partial charge in [-0.15, -0.1) is 6.58 Å². The van der Waals surface area contributed by atoms with Crippen LogP contribution < -0.4 is 0 Å². The van der Waals surface area contributed by atoms with Crippen LogP contribution in [0.2, 0.25) is 0 Å². The summed E-state index contributed by atoms with van der Waals surface area (Å²) in [7, 11) is 1.41. The molecule has 0 radical (unpaired) electrons. The van der Waals surface area contributed by atoms with Crippen molar-refractivity contribution in [1.82, 2.24) is 0 Å². The van der Waals surface area contributed by atoms with Gasteiger partial charge < -0.3 is 23.7 Å². The molecule has 1 aliphatic rings. The number of ether oxygens (including phenoxy) is 5. The van der Waals surface area contributed by atoms with E-state index in [1.165, 1.54) is 7.11 Å². The van der Waals surface area contributed by atoms with Gasteiger partial charge in [-0.2, -0.15) is 0 Å². The molecule has 1 heterocycles. The van der Waals surface area contributed by atoms with E-state index in [4.69, 9.17) is 23.7 Å². The van der Waals surface area contributed by atoms with Crippen molar-refractivity contribution < 1.29 is 38.1 Å².